The van der Waals surface area contributed by atoms with Gasteiger partial charge in [0.05, 0.1) is 19.8 Å². The molecule has 1 unspecified atom stereocenters. The van der Waals surface area contributed by atoms with Gasteiger partial charge in [-0.05, 0) is 30.5 Å². The van der Waals surface area contributed by atoms with Crippen LogP contribution in [0.1, 0.15) is 32.8 Å². The topological polar surface area (TPSA) is 38.7 Å². The van der Waals surface area contributed by atoms with Gasteiger partial charge in [-0.1, -0.05) is 26.3 Å². The maximum Gasteiger partial charge on any atom is 0.161 e. The van der Waals surface area contributed by atoms with Crippen molar-refractivity contribution in [2.24, 2.45) is 5.92 Å². The van der Waals surface area contributed by atoms with E-state index < -0.39 is 0 Å². The minimum Gasteiger partial charge on any atom is -0.490 e. The van der Waals surface area contributed by atoms with E-state index in [9.17, 15) is 0 Å². The Morgan fingerprint density at radius 2 is 1.94 bits per heavy atom. The van der Waals surface area contributed by atoms with Crippen LogP contribution in [0, 0.1) is 5.92 Å². The average Bonchev–Trinajstić information content (AvgIpc) is 2.37. The second-order valence-corrected chi connectivity index (χ2v) is 4.20. The standard InChI is InChI=1S/C14H22O3/c1-4-11(3)10-17-13-7-6-12(9-15)8-14(13)16-5-2/h6-8,11,15H,4-5,9-10H2,1-3H3. The van der Waals surface area contributed by atoms with Crippen LogP contribution in [0.5, 0.6) is 11.5 Å². The van der Waals surface area contributed by atoms with Crippen molar-refractivity contribution in [3.63, 3.8) is 0 Å². The van der Waals surface area contributed by atoms with E-state index in [-0.39, 0.29) is 6.61 Å². The molecule has 0 saturated carbocycles. The third-order valence-electron chi connectivity index (χ3n) is 2.71. The van der Waals surface area contributed by atoms with E-state index in [2.05, 4.69) is 13.8 Å². The van der Waals surface area contributed by atoms with Crippen molar-refractivity contribution >= 4 is 0 Å². The van der Waals surface area contributed by atoms with Gasteiger partial charge >= 0.3 is 0 Å². The second-order valence-electron chi connectivity index (χ2n) is 4.20. The zero-order valence-electron chi connectivity index (χ0n) is 10.9. The van der Waals surface area contributed by atoms with Crippen LogP contribution < -0.4 is 9.47 Å². The van der Waals surface area contributed by atoms with Gasteiger partial charge in [0.15, 0.2) is 11.5 Å². The molecule has 0 bridgehead atoms. The summed E-state index contributed by atoms with van der Waals surface area (Å²) in [6, 6.07) is 5.54. The van der Waals surface area contributed by atoms with Crippen LogP contribution in [0.15, 0.2) is 18.2 Å². The van der Waals surface area contributed by atoms with Gasteiger partial charge in [-0.15, -0.1) is 0 Å². The lowest BCUT2D eigenvalue weighted by atomic mass is 10.1. The van der Waals surface area contributed by atoms with Gasteiger partial charge in [-0.2, -0.15) is 0 Å². The molecular formula is C14H22O3. The lowest BCUT2D eigenvalue weighted by Gasteiger charge is -2.15. The highest BCUT2D eigenvalue weighted by Crippen LogP contribution is 2.29. The maximum atomic E-state index is 9.08. The molecule has 1 atom stereocenters. The van der Waals surface area contributed by atoms with Gasteiger partial charge < -0.3 is 14.6 Å². The number of hydrogen-bond acceptors (Lipinski definition) is 3. The zero-order chi connectivity index (χ0) is 12.7. The Kier molecular flexibility index (Phi) is 5.84. The fraction of sp³-hybridized carbons (Fsp3) is 0.571. The number of ether oxygens (including phenoxy) is 2. The minimum absolute atomic E-state index is 0.0196. The molecule has 0 aliphatic rings. The molecule has 1 rings (SSSR count). The first-order valence-corrected chi connectivity index (χ1v) is 6.20. The van der Waals surface area contributed by atoms with Crippen molar-refractivity contribution in [1.29, 1.82) is 0 Å². The summed E-state index contributed by atoms with van der Waals surface area (Å²) in [6.07, 6.45) is 1.10. The van der Waals surface area contributed by atoms with Crippen LogP contribution in [0.4, 0.5) is 0 Å². The normalized spacial score (nSPS) is 12.2. The Balaban J connectivity index is 2.75. The minimum atomic E-state index is 0.0196. The summed E-state index contributed by atoms with van der Waals surface area (Å²) in [7, 11) is 0. The van der Waals surface area contributed by atoms with Gasteiger partial charge in [-0.25, -0.2) is 0 Å². The SMILES string of the molecule is CCOc1cc(CO)ccc1OCC(C)CC. The summed E-state index contributed by atoms with van der Waals surface area (Å²) < 4.78 is 11.2. The molecule has 3 heteroatoms. The van der Waals surface area contributed by atoms with Crippen LogP contribution in [0.2, 0.25) is 0 Å². The van der Waals surface area contributed by atoms with Crippen molar-refractivity contribution in [2.45, 2.75) is 33.8 Å². The molecule has 0 spiro atoms. The molecule has 0 aromatic heterocycles. The molecule has 96 valence electrons. The van der Waals surface area contributed by atoms with Crippen molar-refractivity contribution in [2.75, 3.05) is 13.2 Å². The smallest absolute Gasteiger partial charge is 0.161 e. The predicted octanol–water partition coefficient (Wildman–Crippen LogP) is 3.00. The number of aliphatic hydroxyl groups excluding tert-OH is 1. The Labute approximate surface area is 103 Å². The molecule has 0 saturated heterocycles. The number of benzene rings is 1. The summed E-state index contributed by atoms with van der Waals surface area (Å²) in [4.78, 5) is 0. The molecule has 0 aliphatic heterocycles. The van der Waals surface area contributed by atoms with E-state index in [1.54, 1.807) is 0 Å². The molecule has 0 amide bonds. The summed E-state index contributed by atoms with van der Waals surface area (Å²) in [5.41, 5.74) is 0.837. The maximum absolute atomic E-state index is 9.08. The monoisotopic (exact) mass is 238 g/mol. The van der Waals surface area contributed by atoms with E-state index in [4.69, 9.17) is 14.6 Å². The third kappa shape index (κ3) is 4.27. The van der Waals surface area contributed by atoms with Crippen LogP contribution in [-0.2, 0) is 6.61 Å². The van der Waals surface area contributed by atoms with Crippen molar-refractivity contribution in [3.8, 4) is 11.5 Å². The Hall–Kier alpha value is -1.22. The molecular weight excluding hydrogens is 216 g/mol. The fourth-order valence-corrected chi connectivity index (χ4v) is 1.39. The van der Waals surface area contributed by atoms with Gasteiger partial charge in [0.2, 0.25) is 0 Å². The Bertz CT molecular complexity index is 336. The van der Waals surface area contributed by atoms with E-state index >= 15 is 0 Å². The van der Waals surface area contributed by atoms with Gasteiger partial charge in [0.25, 0.3) is 0 Å². The lowest BCUT2D eigenvalue weighted by Crippen LogP contribution is -2.08. The van der Waals surface area contributed by atoms with Gasteiger partial charge in [0.1, 0.15) is 0 Å². The summed E-state index contributed by atoms with van der Waals surface area (Å²) >= 11 is 0. The first kappa shape index (κ1) is 13.8. The van der Waals surface area contributed by atoms with Gasteiger partial charge in [0, 0.05) is 0 Å². The van der Waals surface area contributed by atoms with E-state index in [0.29, 0.717) is 24.9 Å². The summed E-state index contributed by atoms with van der Waals surface area (Å²) in [6.45, 7) is 7.54. The van der Waals surface area contributed by atoms with Crippen LogP contribution >= 0.6 is 0 Å². The van der Waals surface area contributed by atoms with Crippen molar-refractivity contribution in [1.82, 2.24) is 0 Å². The molecule has 3 nitrogen and oxygen atoms in total. The van der Waals surface area contributed by atoms with Gasteiger partial charge in [-0.3, -0.25) is 0 Å². The molecule has 0 fully saturated rings. The highest BCUT2D eigenvalue weighted by molar-refractivity contribution is 5.42. The number of rotatable bonds is 7. The Morgan fingerprint density at radius 3 is 2.53 bits per heavy atom. The first-order chi connectivity index (χ1) is 8.21. The largest absolute Gasteiger partial charge is 0.490 e. The third-order valence-corrected chi connectivity index (χ3v) is 2.71. The van der Waals surface area contributed by atoms with Crippen LogP contribution in [0.25, 0.3) is 0 Å². The average molecular weight is 238 g/mol. The fourth-order valence-electron chi connectivity index (χ4n) is 1.39. The van der Waals surface area contributed by atoms with Crippen molar-refractivity contribution < 1.29 is 14.6 Å². The molecule has 1 N–H and O–H groups in total. The summed E-state index contributed by atoms with van der Waals surface area (Å²) in [5.74, 6) is 1.99. The predicted molar refractivity (Wildman–Crippen MR) is 68.5 cm³/mol. The molecule has 0 aliphatic carbocycles. The number of hydrogen-bond donors (Lipinski definition) is 1. The van der Waals surface area contributed by atoms with Crippen LogP contribution in [-0.4, -0.2) is 18.3 Å². The molecule has 0 heterocycles. The van der Waals surface area contributed by atoms with Crippen LogP contribution in [0.3, 0.4) is 0 Å². The summed E-state index contributed by atoms with van der Waals surface area (Å²) in [5, 5.41) is 9.08. The molecule has 0 radical (unpaired) electrons. The number of aliphatic hydroxyl groups is 1. The lowest BCUT2D eigenvalue weighted by molar-refractivity contribution is 0.236. The van der Waals surface area contributed by atoms with E-state index in [0.717, 1.165) is 17.7 Å². The first-order valence-electron chi connectivity index (χ1n) is 6.20. The molecule has 1 aromatic carbocycles. The van der Waals surface area contributed by atoms with Crippen molar-refractivity contribution in [3.05, 3.63) is 23.8 Å². The molecule has 17 heavy (non-hydrogen) atoms. The molecule has 1 aromatic rings. The highest BCUT2D eigenvalue weighted by atomic mass is 16.5. The highest BCUT2D eigenvalue weighted by Gasteiger charge is 2.07. The quantitative estimate of drug-likeness (QED) is 0.793. The second kappa shape index (κ2) is 7.17. The van der Waals surface area contributed by atoms with E-state index in [1.165, 1.54) is 0 Å². The zero-order valence-corrected chi connectivity index (χ0v) is 10.9. The van der Waals surface area contributed by atoms with E-state index in [1.807, 2.05) is 25.1 Å². The Morgan fingerprint density at radius 1 is 1.18 bits per heavy atom.